The van der Waals surface area contributed by atoms with Crippen LogP contribution in [0, 0.1) is 0 Å². The monoisotopic (exact) mass is 1180 g/mol. The number of carbonyl (C=O) groups is 1. The maximum Gasteiger partial charge on any atom is 1.00 e. The maximum absolute atomic E-state index is 10.4. The van der Waals surface area contributed by atoms with E-state index >= 15 is 0 Å². The second kappa shape index (κ2) is 25.6. The van der Waals surface area contributed by atoms with Crippen molar-refractivity contribution >= 4 is 181 Å². The second-order valence-electron chi connectivity index (χ2n) is 18.3. The number of thiophene rings is 2. The molecule has 4 aromatic heterocycles. The first-order chi connectivity index (χ1) is 37.6. The number of benzene rings is 10. The van der Waals surface area contributed by atoms with Crippen molar-refractivity contribution in [1.82, 2.24) is 19.9 Å². The normalized spacial score (nSPS) is 13.0. The van der Waals surface area contributed by atoms with Gasteiger partial charge in [0.15, 0.2) is 6.10 Å². The van der Waals surface area contributed by atoms with Gasteiger partial charge >= 0.3 is 116 Å². The molecule has 0 spiro atoms. The minimum atomic E-state index is -1.38. The Morgan fingerprint density at radius 2 is 1.01 bits per heavy atom. The third-order valence-corrected chi connectivity index (χ3v) is 16.5. The number of hydrogen-bond donors (Lipinski definition) is 2. The molecule has 18 heteroatoms. The smallest absolute Gasteiger partial charge is 1.00 e. The van der Waals surface area contributed by atoms with E-state index < -0.39 is 19.2 Å². The van der Waals surface area contributed by atoms with Crippen molar-refractivity contribution < 1.29 is 134 Å². The van der Waals surface area contributed by atoms with Crippen LogP contribution in [0.5, 0.6) is 0 Å². The van der Waals surface area contributed by atoms with Crippen LogP contribution in [0.15, 0.2) is 182 Å². The minimum absolute atomic E-state index is 0. The molecule has 0 amide bonds. The number of rotatable bonds is 3. The van der Waals surface area contributed by atoms with Gasteiger partial charge in [-0.2, -0.15) is 0 Å². The van der Waals surface area contributed by atoms with Crippen molar-refractivity contribution in [2.45, 2.75) is 18.9 Å². The average Bonchev–Trinajstić information content (AvgIpc) is 4.24. The van der Waals surface area contributed by atoms with Gasteiger partial charge in [0.1, 0.15) is 5.15 Å². The number of hydrogen-bond acceptors (Lipinski definition) is 12. The van der Waals surface area contributed by atoms with Gasteiger partial charge in [-0.25, -0.2) is 24.7 Å². The zero-order valence-corrected chi connectivity index (χ0v) is 52.5. The molecule has 1 fully saturated rings. The van der Waals surface area contributed by atoms with E-state index in [1.807, 2.05) is 36.4 Å². The summed E-state index contributed by atoms with van der Waals surface area (Å²) in [7, 11) is -1.38. The van der Waals surface area contributed by atoms with E-state index in [0.29, 0.717) is 23.6 Å². The van der Waals surface area contributed by atoms with Crippen LogP contribution in [0.2, 0.25) is 15.7 Å². The molecule has 1 unspecified atom stereocenters. The van der Waals surface area contributed by atoms with E-state index in [9.17, 15) is 10.1 Å². The number of halogens is 3. The molecule has 1 saturated heterocycles. The molecule has 378 valence electrons. The first kappa shape index (κ1) is 58.1. The molecule has 0 radical (unpaired) electrons. The number of nitrogens with zero attached hydrogens (tertiary/aromatic N) is 4. The first-order valence-corrected chi connectivity index (χ1v) is 27.2. The molecule has 0 bridgehead atoms. The van der Waals surface area contributed by atoms with Crippen LogP contribution >= 0.6 is 57.5 Å². The standard InChI is InChI=1S/C28H15ClN2S.C18H8Cl2N2S.C10H9BO2.C5H8O4.2K.H/c29-28-30-26(20-10-9-16-5-1-2-6-17(16)13-20)21-11-12-23-25(27(21)31-28)22-14-18-7-3-4-8-19(18)15-24(22)32-23;19-17-11-5-6-13-15(16(11)21-18(20)22-17)12-7-9-3-1-2-4-10(9)8-14(12)23-13;12-11(13)10-6-5-8-3-1-2-4-9(8)7-10;6-5(9-7)4-2-1-3-8-4;;;/h1-15H;1-8H;1-7,12-13H;4,7H,1-3H2;;;/q;;;;2*+1;-1/p-1. The van der Waals surface area contributed by atoms with Gasteiger partial charge in [-0.15, -0.1) is 22.7 Å². The van der Waals surface area contributed by atoms with Crippen LogP contribution in [0.25, 0.3) is 116 Å². The molecule has 1 aliphatic rings. The Labute approximate surface area is 561 Å². The van der Waals surface area contributed by atoms with Gasteiger partial charge in [-0.05, 0) is 139 Å². The van der Waals surface area contributed by atoms with Crippen LogP contribution < -0.4 is 113 Å². The topological polar surface area (TPSA) is 151 Å². The van der Waals surface area contributed by atoms with Gasteiger partial charge in [-0.3, -0.25) is 0 Å². The molecule has 1 aliphatic heterocycles. The van der Waals surface area contributed by atoms with E-state index in [0.717, 1.165) is 61.0 Å². The van der Waals surface area contributed by atoms with Gasteiger partial charge in [0.05, 0.1) is 16.7 Å². The summed E-state index contributed by atoms with van der Waals surface area (Å²) in [6, 6.07) is 62.2. The van der Waals surface area contributed by atoms with Crippen molar-refractivity contribution in [2.24, 2.45) is 0 Å². The molecule has 0 saturated carbocycles. The summed E-state index contributed by atoms with van der Waals surface area (Å²) in [5, 5.41) is 44.1. The fourth-order valence-corrected chi connectivity index (χ4v) is 12.8. The van der Waals surface area contributed by atoms with Gasteiger partial charge in [0.2, 0.25) is 10.6 Å². The van der Waals surface area contributed by atoms with E-state index in [2.05, 4.69) is 153 Å². The Morgan fingerprint density at radius 1 is 0.544 bits per heavy atom. The average molecular weight is 1180 g/mol. The molecular weight excluding hydrogens is 1140 g/mol. The van der Waals surface area contributed by atoms with Crippen molar-refractivity contribution in [3.05, 3.63) is 198 Å². The molecule has 14 aromatic rings. The second-order valence-corrected chi connectivity index (χ2v) is 21.5. The molecule has 10 aromatic carbocycles. The Bertz CT molecular complexity index is 4630. The Kier molecular flexibility index (Phi) is 18.8. The summed E-state index contributed by atoms with van der Waals surface area (Å²) in [6.45, 7) is 0.555. The summed E-state index contributed by atoms with van der Waals surface area (Å²) in [5.41, 5.74) is 4.16. The quantitative estimate of drug-likeness (QED) is 0.0579. The summed E-state index contributed by atoms with van der Waals surface area (Å²) in [6.07, 6.45) is 0.850. The Morgan fingerprint density at radius 3 is 1.53 bits per heavy atom. The van der Waals surface area contributed by atoms with E-state index in [1.54, 1.807) is 34.8 Å². The number of fused-ring (bicyclic) bond motifs is 14. The Balaban J connectivity index is 0.000000141. The summed E-state index contributed by atoms with van der Waals surface area (Å²) in [5.74, 6) is -0.799. The van der Waals surface area contributed by atoms with Crippen LogP contribution in [0.1, 0.15) is 14.3 Å². The SMILES string of the molecule is Clc1nc(-c2ccc3ccccc3c2)c2ccc3sc4cc5ccccc5cc4c3c2n1.Clc1nc(Cl)c2ccc3sc4cc5ccccc5cc4c3c2n1.O=C(O[O-])C1CCCO1.OB(O)c1ccc2ccccc2c1.[H-].[K+].[K+]. The Hall–Kier alpha value is -4.12. The maximum atomic E-state index is 10.4. The van der Waals surface area contributed by atoms with Gasteiger partial charge in [0, 0.05) is 63.3 Å². The third-order valence-electron chi connectivity index (χ3n) is 13.6. The fourth-order valence-electron chi connectivity index (χ4n) is 9.93. The van der Waals surface area contributed by atoms with Crippen molar-refractivity contribution in [3.8, 4) is 11.3 Å². The molecule has 79 heavy (non-hydrogen) atoms. The van der Waals surface area contributed by atoms with Gasteiger partial charge in [0.25, 0.3) is 0 Å². The molecule has 15 rings (SSSR count). The van der Waals surface area contributed by atoms with Crippen molar-refractivity contribution in [1.29, 1.82) is 0 Å². The van der Waals surface area contributed by atoms with E-state index in [4.69, 9.17) is 54.6 Å². The largest absolute Gasteiger partial charge is 1.00 e. The number of carbonyl (C=O) groups excluding carboxylic acids is 1. The van der Waals surface area contributed by atoms with Crippen LogP contribution in [-0.2, 0) is 14.4 Å². The van der Waals surface area contributed by atoms with Crippen LogP contribution in [0.3, 0.4) is 0 Å². The fraction of sp³-hybridized carbons (Fsp3) is 0.0656. The molecule has 0 aliphatic carbocycles. The summed E-state index contributed by atoms with van der Waals surface area (Å²) < 4.78 is 9.71. The van der Waals surface area contributed by atoms with Gasteiger partial charge < -0.3 is 26.4 Å². The minimum Gasteiger partial charge on any atom is -1.00 e. The van der Waals surface area contributed by atoms with Crippen molar-refractivity contribution in [3.63, 3.8) is 0 Å². The van der Waals surface area contributed by atoms with E-state index in [-0.39, 0.29) is 115 Å². The van der Waals surface area contributed by atoms with Crippen LogP contribution in [0.4, 0.5) is 0 Å². The predicted octanol–water partition coefficient (Wildman–Crippen LogP) is 8.71. The third kappa shape index (κ3) is 12.2. The number of aromatic nitrogens is 4. The molecule has 5 heterocycles. The summed E-state index contributed by atoms with van der Waals surface area (Å²) in [4.78, 5) is 31.4. The molecular formula is C61H40BCl3K2N4O6S2. The van der Waals surface area contributed by atoms with Gasteiger partial charge in [-0.1, -0.05) is 139 Å². The number of ether oxygens (including phenoxy) is 1. The zero-order valence-electron chi connectivity index (χ0n) is 43.4. The molecule has 2 N–H and O–H groups in total. The summed E-state index contributed by atoms with van der Waals surface area (Å²) >= 11 is 22.3. The zero-order chi connectivity index (χ0) is 52.7. The van der Waals surface area contributed by atoms with E-state index in [1.165, 1.54) is 61.9 Å². The molecule has 10 nitrogen and oxygen atoms in total. The van der Waals surface area contributed by atoms with Crippen molar-refractivity contribution in [2.75, 3.05) is 6.61 Å². The predicted molar refractivity (Wildman–Crippen MR) is 318 cm³/mol. The molecule has 1 atom stereocenters. The van der Waals surface area contributed by atoms with Crippen LogP contribution in [-0.4, -0.2) is 55.8 Å². The first-order valence-electron chi connectivity index (χ1n) is 24.4.